The van der Waals surface area contributed by atoms with Gasteiger partial charge in [0, 0.05) is 49.6 Å². The molecule has 2 aliphatic rings. The van der Waals surface area contributed by atoms with Crippen molar-refractivity contribution in [1.82, 2.24) is 15.3 Å². The van der Waals surface area contributed by atoms with Gasteiger partial charge in [0.2, 0.25) is 11.9 Å². The Morgan fingerprint density at radius 2 is 1.87 bits per heavy atom. The molecule has 9 heteroatoms. The highest BCUT2D eigenvalue weighted by Crippen LogP contribution is 2.31. The highest BCUT2D eigenvalue weighted by molar-refractivity contribution is 5.90. The summed E-state index contributed by atoms with van der Waals surface area (Å²) in [4.78, 5) is 36.6. The van der Waals surface area contributed by atoms with E-state index in [0.717, 1.165) is 59.3 Å². The van der Waals surface area contributed by atoms with Gasteiger partial charge in [-0.05, 0) is 55.4 Å². The number of carbonyl (C=O) groups is 1. The highest BCUT2D eigenvalue weighted by Gasteiger charge is 2.26. The lowest BCUT2D eigenvalue weighted by atomic mass is 9.88. The molecule has 2 aliphatic carbocycles. The Hall–Kier alpha value is -3.88. The molecule has 200 valence electrons. The molecule has 1 saturated carbocycles. The van der Waals surface area contributed by atoms with Crippen LogP contribution in [-0.4, -0.2) is 49.2 Å². The second-order valence-electron chi connectivity index (χ2n) is 10.5. The number of allylic oxidation sites excluding steroid dienone is 1. The Bertz CT molecular complexity index is 1420. The van der Waals surface area contributed by atoms with Gasteiger partial charge in [0.25, 0.3) is 0 Å². The van der Waals surface area contributed by atoms with Crippen molar-refractivity contribution in [3.63, 3.8) is 0 Å². The fourth-order valence-electron chi connectivity index (χ4n) is 5.51. The normalized spacial score (nSPS) is 20.8. The predicted octanol–water partition coefficient (Wildman–Crippen LogP) is 3.91. The van der Waals surface area contributed by atoms with E-state index >= 15 is 0 Å². The maximum atomic E-state index is 13.0. The van der Waals surface area contributed by atoms with Crippen LogP contribution in [0.5, 0.6) is 0 Å². The Morgan fingerprint density at radius 1 is 1.13 bits per heavy atom. The quantitative estimate of drug-likeness (QED) is 0.486. The zero-order valence-corrected chi connectivity index (χ0v) is 22.4. The number of carbonyl (C=O) groups excluding carboxylic acids is 1. The Labute approximate surface area is 222 Å². The molecule has 0 saturated heterocycles. The smallest absolute Gasteiger partial charge is 0.336 e. The van der Waals surface area contributed by atoms with Crippen LogP contribution < -0.4 is 21.2 Å². The number of amides is 1. The van der Waals surface area contributed by atoms with Gasteiger partial charge in [0.1, 0.15) is 17.3 Å². The molecule has 1 amide bonds. The fraction of sp³-hybridized carbons (Fsp3) is 0.448. The summed E-state index contributed by atoms with van der Waals surface area (Å²) in [5.74, 6) is 2.88. The van der Waals surface area contributed by atoms with E-state index in [0.29, 0.717) is 18.1 Å². The fourth-order valence-corrected chi connectivity index (χ4v) is 5.51. The summed E-state index contributed by atoms with van der Waals surface area (Å²) in [6, 6.07) is 9.81. The third-order valence-electron chi connectivity index (χ3n) is 7.48. The summed E-state index contributed by atoms with van der Waals surface area (Å²) in [7, 11) is 5.58. The average Bonchev–Trinajstić information content (AvgIpc) is 2.89. The Balaban J connectivity index is 1.19. The van der Waals surface area contributed by atoms with Gasteiger partial charge in [0.05, 0.1) is 19.0 Å². The molecule has 3 aromatic rings. The largest absolute Gasteiger partial charge is 0.501 e. The molecule has 9 nitrogen and oxygen atoms in total. The summed E-state index contributed by atoms with van der Waals surface area (Å²) in [5, 5.41) is 7.72. The highest BCUT2D eigenvalue weighted by atomic mass is 16.5. The van der Waals surface area contributed by atoms with Gasteiger partial charge in [-0.3, -0.25) is 4.79 Å². The minimum Gasteiger partial charge on any atom is -0.501 e. The first kappa shape index (κ1) is 25.8. The zero-order valence-electron chi connectivity index (χ0n) is 22.4. The molecule has 5 rings (SSSR count). The predicted molar refractivity (Wildman–Crippen MR) is 148 cm³/mol. The molecule has 2 heterocycles. The molecule has 1 unspecified atom stereocenters. The SMILES string of the molecule is COC1=Cc2oc(=O)cc(CC(=O)NC3CCC(Nc4nc(N(C)C)c5ccccc5n4)CC3)c2CC1C. The summed E-state index contributed by atoms with van der Waals surface area (Å²) in [5.41, 5.74) is 2.10. The Kier molecular flexibility index (Phi) is 7.35. The Morgan fingerprint density at radius 3 is 2.61 bits per heavy atom. The molecule has 1 fully saturated rings. The van der Waals surface area contributed by atoms with Crippen LogP contribution in [0.2, 0.25) is 0 Å². The van der Waals surface area contributed by atoms with Gasteiger partial charge in [-0.1, -0.05) is 19.1 Å². The maximum absolute atomic E-state index is 13.0. The van der Waals surface area contributed by atoms with Gasteiger partial charge < -0.3 is 24.7 Å². The molecule has 1 aromatic carbocycles. The third kappa shape index (κ3) is 5.51. The van der Waals surface area contributed by atoms with Crippen molar-refractivity contribution >= 4 is 34.7 Å². The van der Waals surface area contributed by atoms with Crippen LogP contribution in [0, 0.1) is 5.92 Å². The van der Waals surface area contributed by atoms with E-state index in [9.17, 15) is 9.59 Å². The second-order valence-corrected chi connectivity index (χ2v) is 10.5. The number of rotatable bonds is 7. The van der Waals surface area contributed by atoms with Crippen molar-refractivity contribution in [3.05, 3.63) is 63.4 Å². The number of nitrogens with zero attached hydrogens (tertiary/aromatic N) is 3. The molecule has 0 spiro atoms. The van der Waals surface area contributed by atoms with Crippen molar-refractivity contribution in [2.45, 2.75) is 57.5 Å². The molecule has 0 radical (unpaired) electrons. The van der Waals surface area contributed by atoms with E-state index in [2.05, 4.69) is 17.6 Å². The van der Waals surface area contributed by atoms with Crippen molar-refractivity contribution < 1.29 is 13.9 Å². The van der Waals surface area contributed by atoms with Gasteiger partial charge in [-0.15, -0.1) is 0 Å². The summed E-state index contributed by atoms with van der Waals surface area (Å²) in [6.45, 7) is 2.06. The van der Waals surface area contributed by atoms with Gasteiger partial charge in [-0.25, -0.2) is 9.78 Å². The minimum absolute atomic E-state index is 0.0723. The van der Waals surface area contributed by atoms with Crippen LogP contribution >= 0.6 is 0 Å². The number of hydrogen-bond acceptors (Lipinski definition) is 8. The van der Waals surface area contributed by atoms with E-state index in [1.165, 1.54) is 6.07 Å². The average molecular weight is 518 g/mol. The van der Waals surface area contributed by atoms with Crippen LogP contribution in [-0.2, 0) is 22.4 Å². The van der Waals surface area contributed by atoms with Crippen LogP contribution in [0.1, 0.15) is 49.5 Å². The number of para-hydroxylation sites is 1. The van der Waals surface area contributed by atoms with Crippen LogP contribution in [0.25, 0.3) is 17.0 Å². The summed E-state index contributed by atoms with van der Waals surface area (Å²) < 4.78 is 10.8. The number of hydrogen-bond donors (Lipinski definition) is 2. The maximum Gasteiger partial charge on any atom is 0.336 e. The number of nitrogens with one attached hydrogen (secondary N) is 2. The van der Waals surface area contributed by atoms with Crippen molar-refractivity contribution in [3.8, 4) is 0 Å². The van der Waals surface area contributed by atoms with E-state index in [1.807, 2.05) is 43.3 Å². The third-order valence-corrected chi connectivity index (χ3v) is 7.48. The topological polar surface area (TPSA) is 110 Å². The number of fused-ring (bicyclic) bond motifs is 2. The van der Waals surface area contributed by atoms with E-state index in [1.54, 1.807) is 13.2 Å². The van der Waals surface area contributed by atoms with Gasteiger partial charge in [-0.2, -0.15) is 4.98 Å². The number of ether oxygens (including phenoxy) is 1. The molecule has 2 N–H and O–H groups in total. The molecular weight excluding hydrogens is 482 g/mol. The number of anilines is 2. The second kappa shape index (κ2) is 10.8. The van der Waals surface area contributed by atoms with E-state index in [-0.39, 0.29) is 30.3 Å². The lowest BCUT2D eigenvalue weighted by molar-refractivity contribution is -0.121. The molecule has 1 atom stereocenters. The number of benzene rings is 1. The standard InChI is InChI=1S/C29H35N5O4/c1-17-13-22-18(15-27(36)38-25(22)16-24(17)37-4)14-26(35)30-19-9-11-20(12-10-19)31-29-32-23-8-6-5-7-21(23)28(33-29)34(2)3/h5-8,15-17,19-20H,9-14H2,1-4H3,(H,30,35)(H,31,32,33). The monoisotopic (exact) mass is 517 g/mol. The molecule has 38 heavy (non-hydrogen) atoms. The molecule has 2 aromatic heterocycles. The number of methoxy groups -OCH3 is 1. The molecule has 0 aliphatic heterocycles. The lowest BCUT2D eigenvalue weighted by Crippen LogP contribution is -2.41. The number of aromatic nitrogens is 2. The summed E-state index contributed by atoms with van der Waals surface area (Å²) in [6.07, 6.45) is 6.14. The van der Waals surface area contributed by atoms with Crippen molar-refractivity contribution in [1.29, 1.82) is 0 Å². The van der Waals surface area contributed by atoms with E-state index < -0.39 is 5.63 Å². The summed E-state index contributed by atoms with van der Waals surface area (Å²) >= 11 is 0. The zero-order chi connectivity index (χ0) is 26.8. The molecular formula is C29H35N5O4. The molecule has 0 bridgehead atoms. The van der Waals surface area contributed by atoms with Gasteiger partial charge in [0.15, 0.2) is 0 Å². The first-order valence-electron chi connectivity index (χ1n) is 13.2. The van der Waals surface area contributed by atoms with Crippen LogP contribution in [0.4, 0.5) is 11.8 Å². The first-order chi connectivity index (χ1) is 18.3. The van der Waals surface area contributed by atoms with Crippen LogP contribution in [0.3, 0.4) is 0 Å². The first-order valence-corrected chi connectivity index (χ1v) is 13.2. The van der Waals surface area contributed by atoms with Gasteiger partial charge >= 0.3 is 5.63 Å². The van der Waals surface area contributed by atoms with E-state index in [4.69, 9.17) is 19.1 Å². The van der Waals surface area contributed by atoms with Crippen LogP contribution in [0.15, 0.2) is 45.3 Å². The van der Waals surface area contributed by atoms with Crippen molar-refractivity contribution in [2.24, 2.45) is 5.92 Å². The van der Waals surface area contributed by atoms with Crippen molar-refractivity contribution in [2.75, 3.05) is 31.4 Å². The lowest BCUT2D eigenvalue weighted by Gasteiger charge is -2.30. The minimum atomic E-state index is -0.451.